The van der Waals surface area contributed by atoms with Crippen LogP contribution in [-0.4, -0.2) is 43.9 Å². The van der Waals surface area contributed by atoms with Crippen LogP contribution in [0.2, 0.25) is 0 Å². The van der Waals surface area contributed by atoms with Crippen molar-refractivity contribution < 1.29 is 19.0 Å². The van der Waals surface area contributed by atoms with Crippen molar-refractivity contribution in [2.75, 3.05) is 31.7 Å². The van der Waals surface area contributed by atoms with Gasteiger partial charge in [0.1, 0.15) is 23.1 Å². The van der Waals surface area contributed by atoms with E-state index >= 15 is 0 Å². The third-order valence-electron chi connectivity index (χ3n) is 4.84. The second kappa shape index (κ2) is 8.69. The number of rotatable bonds is 8. The van der Waals surface area contributed by atoms with Gasteiger partial charge in [0.25, 0.3) is 0 Å². The summed E-state index contributed by atoms with van der Waals surface area (Å²) in [4.78, 5) is 19.2. The molecule has 1 aliphatic rings. The molecule has 6 nitrogen and oxygen atoms in total. The Morgan fingerprint density at radius 2 is 2.00 bits per heavy atom. The smallest absolute Gasteiger partial charge is 0.338 e. The Bertz CT molecular complexity index is 980. The number of ether oxygens (including phenoxy) is 3. The van der Waals surface area contributed by atoms with Crippen molar-refractivity contribution in [1.29, 1.82) is 0 Å². The zero-order valence-electron chi connectivity index (χ0n) is 16.6. The highest BCUT2D eigenvalue weighted by molar-refractivity contribution is 7.22. The molecule has 1 aliphatic heterocycles. The van der Waals surface area contributed by atoms with E-state index in [0.717, 1.165) is 39.7 Å². The molecule has 1 fully saturated rings. The number of carbonyl (C=O) groups is 1. The van der Waals surface area contributed by atoms with Crippen LogP contribution in [0, 0.1) is 0 Å². The number of para-hydroxylation sites is 1. The molecule has 1 aromatic heterocycles. The number of methoxy groups -OCH3 is 1. The molecule has 152 valence electrons. The molecule has 0 spiro atoms. The van der Waals surface area contributed by atoms with Gasteiger partial charge in [-0.15, -0.1) is 0 Å². The van der Waals surface area contributed by atoms with Gasteiger partial charge in [0.05, 0.1) is 37.1 Å². The Hall–Kier alpha value is -2.80. The van der Waals surface area contributed by atoms with Gasteiger partial charge >= 0.3 is 5.97 Å². The van der Waals surface area contributed by atoms with Gasteiger partial charge in [0.15, 0.2) is 5.13 Å². The molecule has 0 atom stereocenters. The van der Waals surface area contributed by atoms with Crippen LogP contribution in [0.15, 0.2) is 42.5 Å². The van der Waals surface area contributed by atoms with Gasteiger partial charge in [-0.05, 0) is 42.8 Å². The highest BCUT2D eigenvalue weighted by Gasteiger charge is 2.32. The highest BCUT2D eigenvalue weighted by Crippen LogP contribution is 2.36. The minimum Gasteiger partial charge on any atom is -0.494 e. The van der Waals surface area contributed by atoms with Gasteiger partial charge in [-0.25, -0.2) is 9.78 Å². The topological polar surface area (TPSA) is 60.9 Å². The van der Waals surface area contributed by atoms with E-state index in [9.17, 15) is 4.79 Å². The highest BCUT2D eigenvalue weighted by atomic mass is 32.1. The van der Waals surface area contributed by atoms with Gasteiger partial charge in [-0.1, -0.05) is 30.7 Å². The summed E-state index contributed by atoms with van der Waals surface area (Å²) in [7, 11) is 1.65. The number of benzene rings is 2. The standard InChI is InChI=1S/C22H24N2O4S/c1-3-4-12-27-16-10-8-15(9-11-16)21(25)28-17-13-24(14-17)22-23-20-18(26-2)6-5-7-19(20)29-22/h5-11,17H,3-4,12-14H2,1-2H3. The number of aromatic nitrogens is 1. The maximum Gasteiger partial charge on any atom is 0.338 e. The number of thiazole rings is 1. The number of fused-ring (bicyclic) bond motifs is 1. The van der Waals surface area contributed by atoms with E-state index in [0.29, 0.717) is 25.3 Å². The average Bonchev–Trinajstić information content (AvgIpc) is 3.14. The summed E-state index contributed by atoms with van der Waals surface area (Å²) in [6.07, 6.45) is 1.98. The first kappa shape index (κ1) is 19.5. The van der Waals surface area contributed by atoms with Gasteiger partial charge in [0.2, 0.25) is 0 Å². The third-order valence-corrected chi connectivity index (χ3v) is 5.92. The normalized spacial score (nSPS) is 13.9. The first-order chi connectivity index (χ1) is 14.2. The molecule has 1 saturated heterocycles. The zero-order chi connectivity index (χ0) is 20.2. The van der Waals surface area contributed by atoms with Crippen molar-refractivity contribution in [2.45, 2.75) is 25.9 Å². The van der Waals surface area contributed by atoms with E-state index in [1.54, 1.807) is 30.6 Å². The van der Waals surface area contributed by atoms with E-state index < -0.39 is 0 Å². The molecule has 0 bridgehead atoms. The van der Waals surface area contributed by atoms with Crippen LogP contribution in [0.3, 0.4) is 0 Å². The third kappa shape index (κ3) is 4.29. The summed E-state index contributed by atoms with van der Waals surface area (Å²) in [5.41, 5.74) is 1.41. The van der Waals surface area contributed by atoms with Crippen LogP contribution in [0.4, 0.5) is 5.13 Å². The van der Waals surface area contributed by atoms with E-state index in [4.69, 9.17) is 14.2 Å². The number of anilines is 1. The molecule has 0 amide bonds. The molecular weight excluding hydrogens is 388 g/mol. The van der Waals surface area contributed by atoms with Crippen LogP contribution in [-0.2, 0) is 4.74 Å². The zero-order valence-corrected chi connectivity index (χ0v) is 17.4. The van der Waals surface area contributed by atoms with E-state index in [2.05, 4.69) is 16.8 Å². The van der Waals surface area contributed by atoms with Gasteiger partial charge in [-0.3, -0.25) is 0 Å². The molecule has 3 aromatic rings. The quantitative estimate of drug-likeness (QED) is 0.400. The number of unbranched alkanes of at least 4 members (excludes halogenated alkanes) is 1. The molecule has 0 aliphatic carbocycles. The molecule has 4 rings (SSSR count). The average molecular weight is 413 g/mol. The predicted molar refractivity (Wildman–Crippen MR) is 114 cm³/mol. The predicted octanol–water partition coefficient (Wildman–Crippen LogP) is 4.53. The Morgan fingerprint density at radius 1 is 1.21 bits per heavy atom. The fraction of sp³-hybridized carbons (Fsp3) is 0.364. The van der Waals surface area contributed by atoms with Crippen LogP contribution in [0.1, 0.15) is 30.1 Å². The Morgan fingerprint density at radius 3 is 2.72 bits per heavy atom. The Balaban J connectivity index is 1.31. The van der Waals surface area contributed by atoms with Gasteiger partial charge < -0.3 is 19.1 Å². The number of hydrogen-bond acceptors (Lipinski definition) is 7. The minimum atomic E-state index is -0.305. The van der Waals surface area contributed by atoms with E-state index in [1.807, 2.05) is 30.3 Å². The van der Waals surface area contributed by atoms with Crippen molar-refractivity contribution in [3.05, 3.63) is 48.0 Å². The SMILES string of the molecule is CCCCOc1ccc(C(=O)OC2CN(c3nc4c(OC)cccc4s3)C2)cc1. The second-order valence-corrected chi connectivity index (χ2v) is 7.97. The van der Waals surface area contributed by atoms with Gasteiger partial charge in [0, 0.05) is 0 Å². The molecule has 0 unspecified atom stereocenters. The Labute approximate surface area is 174 Å². The van der Waals surface area contributed by atoms with Crippen molar-refractivity contribution in [1.82, 2.24) is 4.98 Å². The van der Waals surface area contributed by atoms with Gasteiger partial charge in [-0.2, -0.15) is 0 Å². The summed E-state index contributed by atoms with van der Waals surface area (Å²) < 4.78 is 17.7. The summed E-state index contributed by atoms with van der Waals surface area (Å²) in [6, 6.07) is 13.0. The molecule has 0 radical (unpaired) electrons. The molecule has 7 heteroatoms. The summed E-state index contributed by atoms with van der Waals surface area (Å²) in [5.74, 6) is 1.24. The summed E-state index contributed by atoms with van der Waals surface area (Å²) in [6.45, 7) is 4.10. The van der Waals surface area contributed by atoms with E-state index in [1.165, 1.54) is 0 Å². The summed E-state index contributed by atoms with van der Waals surface area (Å²) in [5, 5.41) is 0.922. The molecule has 2 heterocycles. The lowest BCUT2D eigenvalue weighted by Gasteiger charge is -2.38. The molecule has 0 N–H and O–H groups in total. The molecule has 0 saturated carbocycles. The van der Waals surface area contributed by atoms with Crippen molar-refractivity contribution in [2.24, 2.45) is 0 Å². The van der Waals surface area contributed by atoms with Crippen LogP contribution >= 0.6 is 11.3 Å². The number of carbonyl (C=O) groups excluding carboxylic acids is 1. The lowest BCUT2D eigenvalue weighted by molar-refractivity contribution is 0.0234. The minimum absolute atomic E-state index is 0.128. The van der Waals surface area contributed by atoms with Crippen LogP contribution in [0.5, 0.6) is 11.5 Å². The number of hydrogen-bond donors (Lipinski definition) is 0. The number of nitrogens with zero attached hydrogens (tertiary/aromatic N) is 2. The second-order valence-electron chi connectivity index (χ2n) is 6.96. The molecule has 29 heavy (non-hydrogen) atoms. The van der Waals surface area contributed by atoms with Crippen molar-refractivity contribution >= 4 is 32.7 Å². The summed E-state index contributed by atoms with van der Waals surface area (Å²) >= 11 is 1.62. The maximum absolute atomic E-state index is 12.4. The fourth-order valence-electron chi connectivity index (χ4n) is 3.12. The van der Waals surface area contributed by atoms with Crippen LogP contribution in [0.25, 0.3) is 10.2 Å². The lowest BCUT2D eigenvalue weighted by atomic mass is 10.1. The Kier molecular flexibility index (Phi) is 5.85. The van der Waals surface area contributed by atoms with E-state index in [-0.39, 0.29) is 12.1 Å². The first-order valence-electron chi connectivity index (χ1n) is 9.80. The van der Waals surface area contributed by atoms with Crippen molar-refractivity contribution in [3.63, 3.8) is 0 Å². The first-order valence-corrected chi connectivity index (χ1v) is 10.6. The monoisotopic (exact) mass is 412 g/mol. The number of esters is 1. The maximum atomic E-state index is 12.4. The largest absolute Gasteiger partial charge is 0.494 e. The van der Waals surface area contributed by atoms with Crippen LogP contribution < -0.4 is 14.4 Å². The molecular formula is C22H24N2O4S. The van der Waals surface area contributed by atoms with Crippen molar-refractivity contribution in [3.8, 4) is 11.5 Å². The lowest BCUT2D eigenvalue weighted by Crippen LogP contribution is -2.53. The molecule has 2 aromatic carbocycles. The fourth-order valence-corrected chi connectivity index (χ4v) is 4.12.